The second-order valence-corrected chi connectivity index (χ2v) is 6.45. The number of nitrogens with one attached hydrogen (secondary N) is 2. The van der Waals surface area contributed by atoms with Gasteiger partial charge in [-0.05, 0) is 45.4 Å². The molecular formula is C18H24N4O. The first-order chi connectivity index (χ1) is 11.1. The van der Waals surface area contributed by atoms with Gasteiger partial charge in [-0.1, -0.05) is 18.2 Å². The first-order valence-electron chi connectivity index (χ1n) is 8.29. The number of aromatic amines is 1. The van der Waals surface area contributed by atoms with Gasteiger partial charge in [0.2, 0.25) is 0 Å². The quantitative estimate of drug-likeness (QED) is 0.911. The molecule has 2 heterocycles. The lowest BCUT2D eigenvalue weighted by molar-refractivity contribution is 0.102. The second kappa shape index (κ2) is 6.96. The minimum absolute atomic E-state index is 0.0928. The Morgan fingerprint density at radius 3 is 2.87 bits per heavy atom. The maximum Gasteiger partial charge on any atom is 0.255 e. The summed E-state index contributed by atoms with van der Waals surface area (Å²) in [7, 11) is 0. The molecule has 23 heavy (non-hydrogen) atoms. The van der Waals surface area contributed by atoms with Crippen molar-refractivity contribution in [3.8, 4) is 0 Å². The van der Waals surface area contributed by atoms with Crippen molar-refractivity contribution in [2.45, 2.75) is 38.6 Å². The lowest BCUT2D eigenvalue weighted by atomic mass is 9.93. The molecule has 122 valence electrons. The Morgan fingerprint density at radius 2 is 2.13 bits per heavy atom. The van der Waals surface area contributed by atoms with Gasteiger partial charge < -0.3 is 10.2 Å². The van der Waals surface area contributed by atoms with Crippen LogP contribution < -0.4 is 5.32 Å². The van der Waals surface area contributed by atoms with E-state index in [2.05, 4.69) is 34.3 Å². The summed E-state index contributed by atoms with van der Waals surface area (Å²) in [5, 5.41) is 10.3. The molecule has 1 atom stereocenters. The maximum atomic E-state index is 12.4. The zero-order valence-electron chi connectivity index (χ0n) is 13.7. The zero-order chi connectivity index (χ0) is 16.2. The molecule has 0 spiro atoms. The summed E-state index contributed by atoms with van der Waals surface area (Å²) >= 11 is 0. The highest BCUT2D eigenvalue weighted by atomic mass is 16.1. The van der Waals surface area contributed by atoms with Crippen molar-refractivity contribution in [3.05, 3.63) is 47.8 Å². The van der Waals surface area contributed by atoms with E-state index >= 15 is 0 Å². The Morgan fingerprint density at radius 1 is 1.35 bits per heavy atom. The average molecular weight is 312 g/mol. The van der Waals surface area contributed by atoms with Crippen LogP contribution in [0.4, 0.5) is 5.69 Å². The number of piperidine rings is 1. The van der Waals surface area contributed by atoms with Gasteiger partial charge in [0.1, 0.15) is 0 Å². The molecule has 5 heteroatoms. The molecule has 1 saturated heterocycles. The van der Waals surface area contributed by atoms with Gasteiger partial charge in [-0.3, -0.25) is 9.89 Å². The SMILES string of the molecule is CC(C)N1CCCC(c2[nH]ncc2NC(=O)c2ccccc2)C1. The molecule has 1 fully saturated rings. The standard InChI is InChI=1S/C18H24N4O/c1-13(2)22-10-6-9-15(12-22)17-16(11-19-21-17)20-18(23)14-7-4-3-5-8-14/h3-5,7-8,11,13,15H,6,9-10,12H2,1-2H3,(H,19,21)(H,20,23). The number of carbonyl (C=O) groups is 1. The molecule has 1 aromatic carbocycles. The van der Waals surface area contributed by atoms with Gasteiger partial charge in [0.25, 0.3) is 5.91 Å². The monoisotopic (exact) mass is 312 g/mol. The predicted octanol–water partition coefficient (Wildman–Crippen LogP) is 3.25. The summed E-state index contributed by atoms with van der Waals surface area (Å²) in [6.07, 6.45) is 4.01. The van der Waals surface area contributed by atoms with Crippen molar-refractivity contribution in [1.29, 1.82) is 0 Å². The number of rotatable bonds is 4. The van der Waals surface area contributed by atoms with E-state index in [4.69, 9.17) is 0 Å². The summed E-state index contributed by atoms with van der Waals surface area (Å²) in [5.41, 5.74) is 2.50. The Balaban J connectivity index is 1.73. The zero-order valence-corrected chi connectivity index (χ0v) is 13.7. The highest BCUT2D eigenvalue weighted by molar-refractivity contribution is 6.04. The van der Waals surface area contributed by atoms with Crippen LogP contribution in [0.2, 0.25) is 0 Å². The summed E-state index contributed by atoms with van der Waals surface area (Å²) < 4.78 is 0. The fourth-order valence-electron chi connectivity index (χ4n) is 3.20. The lowest BCUT2D eigenvalue weighted by Crippen LogP contribution is -2.39. The molecule has 1 amide bonds. The number of benzene rings is 1. The molecule has 5 nitrogen and oxygen atoms in total. The Hall–Kier alpha value is -2.14. The summed E-state index contributed by atoms with van der Waals surface area (Å²) in [6.45, 7) is 6.61. The van der Waals surface area contributed by atoms with Crippen LogP contribution in [-0.2, 0) is 0 Å². The van der Waals surface area contributed by atoms with Crippen molar-refractivity contribution >= 4 is 11.6 Å². The van der Waals surface area contributed by atoms with Gasteiger partial charge in [-0.2, -0.15) is 5.10 Å². The van der Waals surface area contributed by atoms with E-state index in [1.54, 1.807) is 6.20 Å². The molecule has 0 aliphatic carbocycles. The molecule has 1 aliphatic heterocycles. The van der Waals surface area contributed by atoms with E-state index in [0.29, 0.717) is 17.5 Å². The molecule has 1 aliphatic rings. The van der Waals surface area contributed by atoms with E-state index in [-0.39, 0.29) is 5.91 Å². The van der Waals surface area contributed by atoms with Gasteiger partial charge in [0.05, 0.1) is 17.6 Å². The largest absolute Gasteiger partial charge is 0.319 e. The Kier molecular flexibility index (Phi) is 4.76. The number of likely N-dealkylation sites (tertiary alicyclic amines) is 1. The van der Waals surface area contributed by atoms with Crippen LogP contribution in [0.1, 0.15) is 48.7 Å². The Labute approximate surface area is 137 Å². The van der Waals surface area contributed by atoms with Crippen molar-refractivity contribution in [3.63, 3.8) is 0 Å². The number of hydrogen-bond acceptors (Lipinski definition) is 3. The van der Waals surface area contributed by atoms with E-state index in [0.717, 1.165) is 30.9 Å². The number of H-pyrrole nitrogens is 1. The average Bonchev–Trinajstić information content (AvgIpc) is 3.04. The predicted molar refractivity (Wildman–Crippen MR) is 91.7 cm³/mol. The molecule has 0 bridgehead atoms. The van der Waals surface area contributed by atoms with Crippen molar-refractivity contribution in [2.75, 3.05) is 18.4 Å². The number of anilines is 1. The molecular weight excluding hydrogens is 288 g/mol. The van der Waals surface area contributed by atoms with Crippen LogP contribution in [0.15, 0.2) is 36.5 Å². The maximum absolute atomic E-state index is 12.4. The smallest absolute Gasteiger partial charge is 0.255 e. The minimum atomic E-state index is -0.0928. The van der Waals surface area contributed by atoms with Gasteiger partial charge in [-0.25, -0.2) is 0 Å². The van der Waals surface area contributed by atoms with Crippen LogP contribution in [0.25, 0.3) is 0 Å². The number of aromatic nitrogens is 2. The number of amides is 1. The third-order valence-electron chi connectivity index (χ3n) is 4.54. The fourth-order valence-corrected chi connectivity index (χ4v) is 3.20. The van der Waals surface area contributed by atoms with Crippen LogP contribution in [0.5, 0.6) is 0 Å². The number of hydrogen-bond donors (Lipinski definition) is 2. The first kappa shape index (κ1) is 15.7. The molecule has 2 N–H and O–H groups in total. The van der Waals surface area contributed by atoms with Crippen LogP contribution in [0.3, 0.4) is 0 Å². The molecule has 0 saturated carbocycles. The molecule has 0 radical (unpaired) electrons. The van der Waals surface area contributed by atoms with Crippen LogP contribution >= 0.6 is 0 Å². The van der Waals surface area contributed by atoms with Crippen molar-refractivity contribution < 1.29 is 4.79 Å². The topological polar surface area (TPSA) is 61.0 Å². The van der Waals surface area contributed by atoms with Gasteiger partial charge in [0, 0.05) is 24.1 Å². The van der Waals surface area contributed by atoms with Gasteiger partial charge in [-0.15, -0.1) is 0 Å². The molecule has 1 aromatic heterocycles. The first-order valence-corrected chi connectivity index (χ1v) is 8.29. The minimum Gasteiger partial charge on any atom is -0.319 e. The molecule has 3 rings (SSSR count). The van der Waals surface area contributed by atoms with E-state index in [1.165, 1.54) is 6.42 Å². The fraction of sp³-hybridized carbons (Fsp3) is 0.444. The molecule has 1 unspecified atom stereocenters. The van der Waals surface area contributed by atoms with E-state index in [1.807, 2.05) is 30.3 Å². The third kappa shape index (κ3) is 3.62. The summed E-state index contributed by atoms with van der Waals surface area (Å²) in [4.78, 5) is 14.8. The summed E-state index contributed by atoms with van der Waals surface area (Å²) in [5.74, 6) is 0.296. The second-order valence-electron chi connectivity index (χ2n) is 6.45. The Bertz CT molecular complexity index is 650. The highest BCUT2D eigenvalue weighted by Gasteiger charge is 2.26. The lowest BCUT2D eigenvalue weighted by Gasteiger charge is -2.35. The molecule has 2 aromatic rings. The third-order valence-corrected chi connectivity index (χ3v) is 4.54. The normalized spacial score (nSPS) is 19.0. The highest BCUT2D eigenvalue weighted by Crippen LogP contribution is 2.31. The number of carbonyl (C=O) groups excluding carboxylic acids is 1. The van der Waals surface area contributed by atoms with Crippen molar-refractivity contribution in [2.24, 2.45) is 0 Å². The van der Waals surface area contributed by atoms with Gasteiger partial charge >= 0.3 is 0 Å². The van der Waals surface area contributed by atoms with Crippen LogP contribution in [0, 0.1) is 0 Å². The van der Waals surface area contributed by atoms with E-state index < -0.39 is 0 Å². The number of nitrogens with zero attached hydrogens (tertiary/aromatic N) is 2. The van der Waals surface area contributed by atoms with Crippen molar-refractivity contribution in [1.82, 2.24) is 15.1 Å². The van der Waals surface area contributed by atoms with Gasteiger partial charge in [0.15, 0.2) is 0 Å². The summed E-state index contributed by atoms with van der Waals surface area (Å²) in [6, 6.07) is 9.82. The van der Waals surface area contributed by atoms with Crippen LogP contribution in [-0.4, -0.2) is 40.1 Å². The van der Waals surface area contributed by atoms with E-state index in [9.17, 15) is 4.79 Å².